The molecule has 404 valence electrons. The van der Waals surface area contributed by atoms with Gasteiger partial charge in [0.15, 0.2) is 8.32 Å². The van der Waals surface area contributed by atoms with Crippen LogP contribution in [0.1, 0.15) is 107 Å². The number of hydrogen-bond acceptors (Lipinski definition) is 13. The van der Waals surface area contributed by atoms with Gasteiger partial charge >= 0.3 is 6.09 Å². The van der Waals surface area contributed by atoms with Crippen molar-refractivity contribution in [2.75, 3.05) is 50.7 Å². The average molecular weight is 1060 g/mol. The average Bonchev–Trinajstić information content (AvgIpc) is 4.17. The molecule has 0 radical (unpaired) electrons. The monoisotopic (exact) mass is 1060 g/mol. The van der Waals surface area contributed by atoms with Crippen molar-refractivity contribution in [3.8, 4) is 23.3 Å². The van der Waals surface area contributed by atoms with E-state index in [4.69, 9.17) is 40.1 Å². The number of hydrogen-bond donors (Lipinski definition) is 4. The normalized spacial score (nSPS) is 13.3. The quantitative estimate of drug-likeness (QED) is 0.0259. The number of nitrogens with one attached hydrogen (secondary N) is 2. The second kappa shape index (κ2) is 23.7. The number of piperidine rings is 1. The van der Waals surface area contributed by atoms with Crippen LogP contribution in [0.5, 0.6) is 11.5 Å². The number of fused-ring (bicyclic) bond motifs is 2. The molecule has 7 rings (SSSR count). The van der Waals surface area contributed by atoms with E-state index in [2.05, 4.69) is 66.5 Å². The summed E-state index contributed by atoms with van der Waals surface area (Å²) in [7, 11) is -0.481. The van der Waals surface area contributed by atoms with Gasteiger partial charge in [-0.3, -0.25) is 39.2 Å². The molecular formula is C53H69N13O9Si. The summed E-state index contributed by atoms with van der Waals surface area (Å²) < 4.78 is 30.4. The van der Waals surface area contributed by atoms with E-state index in [-0.39, 0.29) is 72.1 Å². The Morgan fingerprint density at radius 2 is 1.25 bits per heavy atom. The van der Waals surface area contributed by atoms with E-state index in [1.807, 2.05) is 26.0 Å². The Balaban J connectivity index is 1.12. The SMILES string of the molecule is CCn1nc(C)cc1C(=O)Nc1nc2cc(C(N)=O)cc(OC)c2n1C/C=C/Cn1c(NC(=O)c2cc(C)nn2CC)nc2cc(C(N)=O)cc(OCC#CCC3CCN(C(=O)OCCO[Si](C)(C)C(C)(C)C)CC3)c21. The van der Waals surface area contributed by atoms with Gasteiger partial charge in [0.1, 0.15) is 47.1 Å². The lowest BCUT2D eigenvalue weighted by Crippen LogP contribution is -2.42. The predicted molar refractivity (Wildman–Crippen MR) is 290 cm³/mol. The second-order valence-corrected chi connectivity index (χ2v) is 24.9. The number of nitrogens with zero attached hydrogens (tertiary/aromatic N) is 9. The van der Waals surface area contributed by atoms with Gasteiger partial charge in [0.25, 0.3) is 11.8 Å². The number of aromatic nitrogens is 8. The highest BCUT2D eigenvalue weighted by Gasteiger charge is 2.37. The Labute approximate surface area is 442 Å². The number of ether oxygens (including phenoxy) is 3. The Morgan fingerprint density at radius 1 is 0.750 bits per heavy atom. The number of benzene rings is 2. The number of amides is 5. The molecule has 6 aromatic rings. The molecule has 23 heteroatoms. The van der Waals surface area contributed by atoms with Gasteiger partial charge in [0.2, 0.25) is 23.7 Å². The molecule has 2 aromatic carbocycles. The Kier molecular flexibility index (Phi) is 17.4. The second-order valence-electron chi connectivity index (χ2n) is 20.1. The van der Waals surface area contributed by atoms with Crippen LogP contribution in [0.4, 0.5) is 16.7 Å². The number of nitrogens with two attached hydrogens (primary N) is 2. The van der Waals surface area contributed by atoms with E-state index < -0.39 is 31.9 Å². The standard InChI is InChI=1S/C53H69N13O9Si/c1-11-65-40(27-33(3)60-65)48(69)58-50-56-38-29-36(46(54)67)31-42(72-8)44(38)63(50)20-14-15-21-64-45-39(57-51(64)59-49(70)41-28-34(4)61-66(41)12-2)30-37(47(55)68)32-43(45)73-24-16-13-17-35-18-22-62(23-19-35)52(71)74-25-26-75-76(9,10)53(5,6)7/h14-15,27-32,35H,11-12,17-26H2,1-10H3,(H2,54,67)(H2,55,68)(H,56,58,69)(H,57,59,70)/b15-14+. The third-order valence-corrected chi connectivity index (χ3v) is 18.3. The lowest BCUT2D eigenvalue weighted by atomic mass is 9.94. The minimum Gasteiger partial charge on any atom is -0.494 e. The highest BCUT2D eigenvalue weighted by molar-refractivity contribution is 6.74. The third-order valence-electron chi connectivity index (χ3n) is 13.7. The summed E-state index contributed by atoms with van der Waals surface area (Å²) >= 11 is 0. The molecular weight excluding hydrogens is 991 g/mol. The molecule has 0 saturated carbocycles. The van der Waals surface area contributed by atoms with Gasteiger partial charge in [0, 0.05) is 56.8 Å². The van der Waals surface area contributed by atoms with Crippen LogP contribution in [0.15, 0.2) is 48.6 Å². The van der Waals surface area contributed by atoms with E-state index in [1.54, 1.807) is 49.4 Å². The molecule has 0 bridgehead atoms. The summed E-state index contributed by atoms with van der Waals surface area (Å²) in [5, 5.41) is 14.8. The number of allylic oxidation sites excluding steroid dienone is 2. The van der Waals surface area contributed by atoms with Crippen LogP contribution in [0.3, 0.4) is 0 Å². The Bertz CT molecular complexity index is 3250. The van der Waals surface area contributed by atoms with E-state index in [0.717, 1.165) is 12.8 Å². The summed E-state index contributed by atoms with van der Waals surface area (Å²) in [4.78, 5) is 76.8. The largest absolute Gasteiger partial charge is 0.494 e. The van der Waals surface area contributed by atoms with E-state index in [9.17, 15) is 24.0 Å². The molecule has 4 aromatic heterocycles. The van der Waals surface area contributed by atoms with Gasteiger partial charge in [-0.15, -0.1) is 0 Å². The number of carbonyl (C=O) groups excluding carboxylic acids is 5. The first-order valence-corrected chi connectivity index (χ1v) is 28.3. The summed E-state index contributed by atoms with van der Waals surface area (Å²) in [6.07, 6.45) is 5.46. The zero-order valence-corrected chi connectivity index (χ0v) is 46.0. The molecule has 1 saturated heterocycles. The maximum atomic E-state index is 14.0. The summed E-state index contributed by atoms with van der Waals surface area (Å²) in [5.41, 5.74) is 15.4. The Hall–Kier alpha value is -7.97. The lowest BCUT2D eigenvalue weighted by Gasteiger charge is -2.36. The Morgan fingerprint density at radius 3 is 1.72 bits per heavy atom. The molecule has 1 aliphatic rings. The highest BCUT2D eigenvalue weighted by Crippen LogP contribution is 2.37. The zero-order chi connectivity index (χ0) is 55.1. The molecule has 5 amide bonds. The van der Waals surface area contributed by atoms with Crippen molar-refractivity contribution in [1.29, 1.82) is 0 Å². The maximum absolute atomic E-state index is 14.0. The number of primary amides is 2. The van der Waals surface area contributed by atoms with Gasteiger partial charge in [-0.05, 0) is 101 Å². The van der Waals surface area contributed by atoms with Crippen LogP contribution in [0, 0.1) is 31.6 Å². The van der Waals surface area contributed by atoms with Gasteiger partial charge in [-0.2, -0.15) is 10.2 Å². The highest BCUT2D eigenvalue weighted by atomic mass is 28.4. The van der Waals surface area contributed by atoms with Crippen molar-refractivity contribution in [3.05, 3.63) is 82.5 Å². The first-order valence-electron chi connectivity index (χ1n) is 25.4. The minimum absolute atomic E-state index is 0.0444. The van der Waals surface area contributed by atoms with Gasteiger partial charge < -0.3 is 44.1 Å². The molecule has 22 nitrogen and oxygen atoms in total. The van der Waals surface area contributed by atoms with Crippen LogP contribution in [0.25, 0.3) is 22.1 Å². The van der Waals surface area contributed by atoms with E-state index in [0.29, 0.717) is 89.8 Å². The molecule has 0 aliphatic carbocycles. The third kappa shape index (κ3) is 12.7. The van der Waals surface area contributed by atoms with Crippen molar-refractivity contribution < 1.29 is 42.6 Å². The fourth-order valence-electron chi connectivity index (χ4n) is 8.62. The first-order chi connectivity index (χ1) is 36.1. The van der Waals surface area contributed by atoms with Crippen LogP contribution >= 0.6 is 0 Å². The van der Waals surface area contributed by atoms with Gasteiger partial charge in [-0.1, -0.05) is 44.8 Å². The van der Waals surface area contributed by atoms with Crippen LogP contribution in [-0.2, 0) is 35.3 Å². The van der Waals surface area contributed by atoms with Gasteiger partial charge in [-0.25, -0.2) is 14.8 Å². The number of methoxy groups -OCH3 is 1. The number of carbonyl (C=O) groups is 5. The van der Waals surface area contributed by atoms with E-state index in [1.165, 1.54) is 31.4 Å². The lowest BCUT2D eigenvalue weighted by molar-refractivity contribution is 0.0746. The van der Waals surface area contributed by atoms with Crippen molar-refractivity contribution >= 4 is 72.0 Å². The summed E-state index contributed by atoms with van der Waals surface area (Å²) in [6, 6.07) is 9.45. The fourth-order valence-corrected chi connectivity index (χ4v) is 9.65. The molecule has 76 heavy (non-hydrogen) atoms. The number of rotatable bonds is 20. The molecule has 1 fully saturated rings. The van der Waals surface area contributed by atoms with Crippen molar-refractivity contribution in [2.24, 2.45) is 17.4 Å². The molecule has 1 aliphatic heterocycles. The van der Waals surface area contributed by atoms with E-state index >= 15 is 0 Å². The topological polar surface area (TPSA) is 273 Å². The summed E-state index contributed by atoms with van der Waals surface area (Å²) in [6.45, 7) is 21.0. The number of likely N-dealkylation sites (tertiary alicyclic amines) is 1. The maximum Gasteiger partial charge on any atom is 0.409 e. The predicted octanol–water partition coefficient (Wildman–Crippen LogP) is 7.05. The molecule has 5 heterocycles. The summed E-state index contributed by atoms with van der Waals surface area (Å²) in [5.74, 6) is 5.16. The van der Waals surface area contributed by atoms with Crippen molar-refractivity contribution in [2.45, 2.75) is 112 Å². The van der Waals surface area contributed by atoms with Crippen molar-refractivity contribution in [3.63, 3.8) is 0 Å². The van der Waals surface area contributed by atoms with Gasteiger partial charge in [0.05, 0.1) is 36.1 Å². The number of aryl methyl sites for hydroxylation is 4. The van der Waals surface area contributed by atoms with Crippen molar-refractivity contribution in [1.82, 2.24) is 43.6 Å². The van der Waals surface area contributed by atoms with Crippen LogP contribution in [0.2, 0.25) is 18.1 Å². The molecule has 6 N–H and O–H groups in total. The molecule has 0 unspecified atom stereocenters. The van der Waals surface area contributed by atoms with Crippen LogP contribution < -0.4 is 31.6 Å². The minimum atomic E-state index is -1.94. The smallest absolute Gasteiger partial charge is 0.409 e. The number of anilines is 2. The zero-order valence-electron chi connectivity index (χ0n) is 45.0. The molecule has 0 atom stereocenters. The van der Waals surface area contributed by atoms with Crippen LogP contribution in [-0.4, -0.2) is 122 Å². The molecule has 0 spiro atoms. The first kappa shape index (κ1) is 55.8. The number of imidazole rings is 2. The fraction of sp³-hybridized carbons (Fsp3) is 0.453.